The molecule has 0 radical (unpaired) electrons. The number of nitro groups is 1. The van der Waals surface area contributed by atoms with Crippen molar-refractivity contribution in [2.45, 2.75) is 6.92 Å². The molecule has 1 aromatic carbocycles. The molecular formula is C14H12N4O5. The summed E-state index contributed by atoms with van der Waals surface area (Å²) in [5.41, 5.74) is 0.748. The van der Waals surface area contributed by atoms with E-state index in [9.17, 15) is 19.7 Å². The number of carbonyl (C=O) groups is 2. The number of anilines is 1. The van der Waals surface area contributed by atoms with Gasteiger partial charge in [0.2, 0.25) is 0 Å². The summed E-state index contributed by atoms with van der Waals surface area (Å²) in [6, 6.07) is 4.08. The van der Waals surface area contributed by atoms with Crippen molar-refractivity contribution < 1.29 is 19.2 Å². The minimum absolute atomic E-state index is 0.0215. The number of non-ortho nitro benzene ring substituents is 1. The highest BCUT2D eigenvalue weighted by Gasteiger charge is 2.14. The first-order valence-electron chi connectivity index (χ1n) is 6.45. The number of hydrogen-bond donors (Lipinski definition) is 1. The molecule has 0 spiro atoms. The number of ether oxygens (including phenoxy) is 1. The first-order chi connectivity index (χ1) is 11.0. The lowest BCUT2D eigenvalue weighted by Crippen LogP contribution is -2.21. The predicted octanol–water partition coefficient (Wildman–Crippen LogP) is 1.49. The molecule has 0 saturated carbocycles. The number of amides is 1. The average molecular weight is 316 g/mol. The maximum Gasteiger partial charge on any atom is 0.359 e. The van der Waals surface area contributed by atoms with Crippen molar-refractivity contribution in [2.24, 2.45) is 0 Å². The summed E-state index contributed by atoms with van der Waals surface area (Å²) < 4.78 is 4.79. The van der Waals surface area contributed by atoms with E-state index in [4.69, 9.17) is 4.74 Å². The average Bonchev–Trinajstić information content (AvgIpc) is 2.55. The molecule has 0 aliphatic heterocycles. The quantitative estimate of drug-likeness (QED) is 0.503. The van der Waals surface area contributed by atoms with Crippen LogP contribution in [0.3, 0.4) is 0 Å². The molecule has 0 aliphatic rings. The van der Waals surface area contributed by atoms with Gasteiger partial charge in [0.1, 0.15) is 0 Å². The van der Waals surface area contributed by atoms with Gasteiger partial charge in [-0.25, -0.2) is 9.78 Å². The zero-order valence-electron chi connectivity index (χ0n) is 12.1. The van der Waals surface area contributed by atoms with Gasteiger partial charge in [0, 0.05) is 24.5 Å². The van der Waals surface area contributed by atoms with Crippen LogP contribution in [0.2, 0.25) is 0 Å². The zero-order valence-corrected chi connectivity index (χ0v) is 12.1. The van der Waals surface area contributed by atoms with E-state index in [1.165, 1.54) is 36.8 Å². The zero-order chi connectivity index (χ0) is 16.8. The highest BCUT2D eigenvalue weighted by Crippen LogP contribution is 2.21. The molecule has 0 saturated heterocycles. The lowest BCUT2D eigenvalue weighted by Gasteiger charge is -2.08. The van der Waals surface area contributed by atoms with Crippen molar-refractivity contribution in [3.05, 3.63) is 58.2 Å². The second-order valence-electron chi connectivity index (χ2n) is 4.47. The second-order valence-corrected chi connectivity index (χ2v) is 4.47. The van der Waals surface area contributed by atoms with Crippen molar-refractivity contribution in [3.63, 3.8) is 0 Å². The number of nitro benzene ring substituents is 1. The molecule has 1 heterocycles. The number of nitrogens with one attached hydrogen (secondary N) is 1. The predicted molar refractivity (Wildman–Crippen MR) is 78.8 cm³/mol. The Kier molecular flexibility index (Phi) is 4.92. The van der Waals surface area contributed by atoms with Gasteiger partial charge in [-0.05, 0) is 12.5 Å². The Morgan fingerprint density at radius 2 is 2.13 bits per heavy atom. The highest BCUT2D eigenvalue weighted by atomic mass is 16.6. The smallest absolute Gasteiger partial charge is 0.359 e. The van der Waals surface area contributed by atoms with Crippen LogP contribution in [0, 0.1) is 17.0 Å². The van der Waals surface area contributed by atoms with Crippen molar-refractivity contribution in [1.82, 2.24) is 9.97 Å². The van der Waals surface area contributed by atoms with Crippen LogP contribution < -0.4 is 5.32 Å². The Labute approximate surface area is 130 Å². The number of hydrogen-bond acceptors (Lipinski definition) is 7. The molecule has 0 aliphatic carbocycles. The molecule has 1 aromatic heterocycles. The first-order valence-corrected chi connectivity index (χ1v) is 6.45. The molecule has 2 aromatic rings. The van der Waals surface area contributed by atoms with Crippen molar-refractivity contribution in [2.75, 3.05) is 11.9 Å². The Morgan fingerprint density at radius 3 is 2.78 bits per heavy atom. The third kappa shape index (κ3) is 4.30. The third-order valence-electron chi connectivity index (χ3n) is 2.81. The van der Waals surface area contributed by atoms with Gasteiger partial charge in [-0.3, -0.25) is 19.9 Å². The van der Waals surface area contributed by atoms with E-state index in [0.717, 1.165) is 0 Å². The summed E-state index contributed by atoms with van der Waals surface area (Å²) in [5, 5.41) is 13.2. The number of aryl methyl sites for hydroxylation is 1. The summed E-state index contributed by atoms with van der Waals surface area (Å²) in [6.07, 6.45) is 3.93. The molecule has 0 atom stereocenters. The molecule has 23 heavy (non-hydrogen) atoms. The van der Waals surface area contributed by atoms with Gasteiger partial charge < -0.3 is 10.1 Å². The van der Waals surface area contributed by atoms with Crippen LogP contribution >= 0.6 is 0 Å². The summed E-state index contributed by atoms with van der Waals surface area (Å²) in [4.78, 5) is 41.0. The van der Waals surface area contributed by atoms with Crippen LogP contribution in [0.15, 0.2) is 36.8 Å². The second kappa shape index (κ2) is 7.07. The highest BCUT2D eigenvalue weighted by molar-refractivity contribution is 5.95. The monoisotopic (exact) mass is 316 g/mol. The van der Waals surface area contributed by atoms with Crippen LogP contribution in [-0.4, -0.2) is 33.4 Å². The molecule has 1 amide bonds. The van der Waals surface area contributed by atoms with Gasteiger partial charge in [0.05, 0.1) is 16.8 Å². The number of aromatic nitrogens is 2. The van der Waals surface area contributed by atoms with Crippen molar-refractivity contribution >= 4 is 23.3 Å². The molecule has 0 bridgehead atoms. The summed E-state index contributed by atoms with van der Waals surface area (Å²) in [7, 11) is 0. The van der Waals surface area contributed by atoms with E-state index < -0.39 is 23.4 Å². The van der Waals surface area contributed by atoms with Crippen LogP contribution in [0.1, 0.15) is 16.1 Å². The molecule has 0 fully saturated rings. The molecular weight excluding hydrogens is 304 g/mol. The van der Waals surface area contributed by atoms with Gasteiger partial charge in [0.15, 0.2) is 12.3 Å². The van der Waals surface area contributed by atoms with Crippen molar-refractivity contribution in [3.8, 4) is 0 Å². The van der Waals surface area contributed by atoms with Crippen LogP contribution in [0.25, 0.3) is 0 Å². The first kappa shape index (κ1) is 16.0. The van der Waals surface area contributed by atoms with Crippen molar-refractivity contribution in [1.29, 1.82) is 0 Å². The minimum Gasteiger partial charge on any atom is -0.451 e. The fraction of sp³-hybridized carbons (Fsp3) is 0.143. The molecule has 118 valence electrons. The van der Waals surface area contributed by atoms with E-state index >= 15 is 0 Å². The van der Waals surface area contributed by atoms with Crippen LogP contribution in [-0.2, 0) is 9.53 Å². The largest absolute Gasteiger partial charge is 0.451 e. The molecule has 1 N–H and O–H groups in total. The normalized spacial score (nSPS) is 9.96. The van der Waals surface area contributed by atoms with E-state index in [0.29, 0.717) is 5.56 Å². The summed E-state index contributed by atoms with van der Waals surface area (Å²) >= 11 is 0. The van der Waals surface area contributed by atoms with Crippen LogP contribution in [0.4, 0.5) is 11.4 Å². The Balaban J connectivity index is 1.96. The van der Waals surface area contributed by atoms with E-state index in [-0.39, 0.29) is 17.1 Å². The Hall–Kier alpha value is -3.36. The topological polar surface area (TPSA) is 124 Å². The fourth-order valence-corrected chi connectivity index (χ4v) is 1.65. The minimum atomic E-state index is -0.788. The Bertz CT molecular complexity index is 748. The summed E-state index contributed by atoms with van der Waals surface area (Å²) in [5.74, 6) is -1.41. The SMILES string of the molecule is Cc1ccc([N+](=O)[O-])cc1NC(=O)COC(=O)c1cnccn1. The molecule has 9 nitrogen and oxygen atoms in total. The van der Waals surface area contributed by atoms with E-state index in [2.05, 4.69) is 15.3 Å². The van der Waals surface area contributed by atoms with Gasteiger partial charge in [-0.15, -0.1) is 0 Å². The lowest BCUT2D eigenvalue weighted by molar-refractivity contribution is -0.384. The number of nitrogens with zero attached hydrogens (tertiary/aromatic N) is 3. The molecule has 2 rings (SSSR count). The fourth-order valence-electron chi connectivity index (χ4n) is 1.65. The van der Waals surface area contributed by atoms with Gasteiger partial charge in [-0.2, -0.15) is 0 Å². The molecule has 9 heteroatoms. The number of rotatable bonds is 5. The molecule has 0 unspecified atom stereocenters. The lowest BCUT2D eigenvalue weighted by atomic mass is 10.2. The maximum atomic E-state index is 11.8. The number of benzene rings is 1. The maximum absolute atomic E-state index is 11.8. The number of esters is 1. The van der Waals surface area contributed by atoms with E-state index in [1.807, 2.05) is 0 Å². The van der Waals surface area contributed by atoms with Gasteiger partial charge in [0.25, 0.3) is 11.6 Å². The standard InChI is InChI=1S/C14H12N4O5/c1-9-2-3-10(18(21)22)6-11(9)17-13(19)8-23-14(20)12-7-15-4-5-16-12/h2-7H,8H2,1H3,(H,17,19). The summed E-state index contributed by atoms with van der Waals surface area (Å²) in [6.45, 7) is 1.14. The van der Waals surface area contributed by atoms with Crippen LogP contribution in [0.5, 0.6) is 0 Å². The van der Waals surface area contributed by atoms with Gasteiger partial charge in [-0.1, -0.05) is 6.07 Å². The third-order valence-corrected chi connectivity index (χ3v) is 2.81. The number of carbonyl (C=O) groups excluding carboxylic acids is 2. The van der Waals surface area contributed by atoms with Gasteiger partial charge >= 0.3 is 5.97 Å². The van der Waals surface area contributed by atoms with E-state index in [1.54, 1.807) is 6.92 Å². The Morgan fingerprint density at radius 1 is 1.35 bits per heavy atom.